The van der Waals surface area contributed by atoms with Crippen LogP contribution in [0.25, 0.3) is 0 Å². The molecule has 0 spiro atoms. The maximum Gasteiger partial charge on any atom is 0.251 e. The summed E-state index contributed by atoms with van der Waals surface area (Å²) < 4.78 is 4.95. The van der Waals surface area contributed by atoms with Crippen LogP contribution >= 0.6 is 0 Å². The number of hydrogen-bond donors (Lipinski definition) is 1. The number of hydrogen-bond acceptors (Lipinski definition) is 3. The van der Waals surface area contributed by atoms with E-state index in [9.17, 15) is 9.59 Å². The minimum absolute atomic E-state index is 0.0670. The molecular formula is C26H34N2O3. The lowest BCUT2D eigenvalue weighted by molar-refractivity contribution is -0.132. The highest BCUT2D eigenvalue weighted by Crippen LogP contribution is 2.23. The van der Waals surface area contributed by atoms with Crippen molar-refractivity contribution in [1.82, 2.24) is 10.2 Å². The molecule has 2 amide bonds. The number of aryl methyl sites for hydroxylation is 1. The molecule has 0 aromatic heterocycles. The molecule has 5 heteroatoms. The van der Waals surface area contributed by atoms with E-state index in [1.54, 1.807) is 7.11 Å². The van der Waals surface area contributed by atoms with Gasteiger partial charge in [0.2, 0.25) is 5.91 Å². The Morgan fingerprint density at radius 2 is 1.71 bits per heavy atom. The number of benzene rings is 2. The summed E-state index contributed by atoms with van der Waals surface area (Å²) in [7, 11) is 1.62. The number of piperidine rings is 1. The largest absolute Gasteiger partial charge is 0.383 e. The molecule has 1 aliphatic heterocycles. The Labute approximate surface area is 185 Å². The van der Waals surface area contributed by atoms with Crippen molar-refractivity contribution < 1.29 is 14.3 Å². The smallest absolute Gasteiger partial charge is 0.251 e. The van der Waals surface area contributed by atoms with E-state index >= 15 is 0 Å². The zero-order valence-corrected chi connectivity index (χ0v) is 18.5. The fourth-order valence-electron chi connectivity index (χ4n) is 4.13. The fourth-order valence-corrected chi connectivity index (χ4v) is 4.13. The van der Waals surface area contributed by atoms with Crippen LogP contribution in [0.1, 0.15) is 47.2 Å². The van der Waals surface area contributed by atoms with E-state index in [0.717, 1.165) is 45.2 Å². The molecule has 166 valence electrons. The van der Waals surface area contributed by atoms with Crippen molar-refractivity contribution in [3.8, 4) is 0 Å². The molecule has 3 rings (SSSR count). The second-order valence-electron chi connectivity index (χ2n) is 8.31. The number of ether oxygens (including phenoxy) is 1. The van der Waals surface area contributed by atoms with Crippen LogP contribution in [0.5, 0.6) is 0 Å². The predicted octanol–water partition coefficient (Wildman–Crippen LogP) is 3.87. The number of methoxy groups -OCH3 is 1. The molecule has 0 radical (unpaired) electrons. The number of nitrogens with zero attached hydrogens (tertiary/aromatic N) is 1. The first-order valence-corrected chi connectivity index (χ1v) is 11.3. The summed E-state index contributed by atoms with van der Waals surface area (Å²) in [4.78, 5) is 26.6. The van der Waals surface area contributed by atoms with Crippen LogP contribution in [-0.4, -0.2) is 50.1 Å². The zero-order chi connectivity index (χ0) is 21.9. The van der Waals surface area contributed by atoms with Gasteiger partial charge in [0.05, 0.1) is 6.61 Å². The molecule has 2 aromatic rings. The monoisotopic (exact) mass is 422 g/mol. The van der Waals surface area contributed by atoms with E-state index in [1.165, 1.54) is 11.1 Å². The Kier molecular flexibility index (Phi) is 9.10. The lowest BCUT2D eigenvalue weighted by atomic mass is 9.89. The van der Waals surface area contributed by atoms with Crippen molar-refractivity contribution >= 4 is 11.8 Å². The lowest BCUT2D eigenvalue weighted by Gasteiger charge is -2.32. The van der Waals surface area contributed by atoms with E-state index in [2.05, 4.69) is 17.4 Å². The van der Waals surface area contributed by atoms with Gasteiger partial charge >= 0.3 is 0 Å². The van der Waals surface area contributed by atoms with Crippen LogP contribution in [0.4, 0.5) is 0 Å². The highest BCUT2D eigenvalue weighted by atomic mass is 16.5. The molecule has 5 nitrogen and oxygen atoms in total. The van der Waals surface area contributed by atoms with Crippen LogP contribution in [0.15, 0.2) is 54.6 Å². The zero-order valence-electron chi connectivity index (χ0n) is 18.5. The van der Waals surface area contributed by atoms with Crippen LogP contribution in [-0.2, 0) is 22.4 Å². The van der Waals surface area contributed by atoms with Crippen molar-refractivity contribution in [2.24, 2.45) is 5.92 Å². The second-order valence-corrected chi connectivity index (χ2v) is 8.31. The van der Waals surface area contributed by atoms with Gasteiger partial charge in [0.25, 0.3) is 5.91 Å². The van der Waals surface area contributed by atoms with Gasteiger partial charge in [0.1, 0.15) is 0 Å². The number of carbonyl (C=O) groups is 2. The average molecular weight is 423 g/mol. The first kappa shape index (κ1) is 23.0. The van der Waals surface area contributed by atoms with Gasteiger partial charge in [-0.15, -0.1) is 0 Å². The topological polar surface area (TPSA) is 58.6 Å². The van der Waals surface area contributed by atoms with Gasteiger partial charge in [-0.3, -0.25) is 9.59 Å². The number of nitrogens with one attached hydrogen (secondary N) is 1. The Balaban J connectivity index is 1.36. The third kappa shape index (κ3) is 7.51. The minimum Gasteiger partial charge on any atom is -0.383 e. The van der Waals surface area contributed by atoms with Gasteiger partial charge in [-0.25, -0.2) is 0 Å². The molecular weight excluding hydrogens is 388 g/mol. The standard InChI is InChI=1S/C26H34N2O3/c1-31-19-16-27-26(30)24-12-10-22(11-13-24)20-23-14-17-28(18-15-23)25(29)9-5-8-21-6-3-2-4-7-21/h2-4,6-7,10-13,23H,5,8-9,14-20H2,1H3,(H,27,30). The van der Waals surface area contributed by atoms with Crippen molar-refractivity contribution in [1.29, 1.82) is 0 Å². The third-order valence-electron chi connectivity index (χ3n) is 6.00. The summed E-state index contributed by atoms with van der Waals surface area (Å²) in [5.74, 6) is 0.815. The molecule has 31 heavy (non-hydrogen) atoms. The summed E-state index contributed by atoms with van der Waals surface area (Å²) in [6.45, 7) is 2.74. The van der Waals surface area contributed by atoms with Crippen LogP contribution in [0.3, 0.4) is 0 Å². The molecule has 1 aliphatic rings. The van der Waals surface area contributed by atoms with Crippen molar-refractivity contribution in [2.45, 2.75) is 38.5 Å². The van der Waals surface area contributed by atoms with Crippen molar-refractivity contribution in [3.05, 3.63) is 71.3 Å². The summed E-state index contributed by atoms with van der Waals surface area (Å²) in [5, 5.41) is 2.84. The third-order valence-corrected chi connectivity index (χ3v) is 6.00. The quantitative estimate of drug-likeness (QED) is 0.592. The molecule has 1 fully saturated rings. The van der Waals surface area contributed by atoms with Crippen molar-refractivity contribution in [3.63, 3.8) is 0 Å². The van der Waals surface area contributed by atoms with E-state index in [-0.39, 0.29) is 5.91 Å². The van der Waals surface area contributed by atoms with Gasteiger partial charge in [0, 0.05) is 38.7 Å². The summed E-state index contributed by atoms with van der Waals surface area (Å²) in [5.41, 5.74) is 3.23. The summed E-state index contributed by atoms with van der Waals surface area (Å²) >= 11 is 0. The van der Waals surface area contributed by atoms with Gasteiger partial charge < -0.3 is 15.0 Å². The maximum atomic E-state index is 12.5. The Morgan fingerprint density at radius 1 is 1.00 bits per heavy atom. The predicted molar refractivity (Wildman–Crippen MR) is 123 cm³/mol. The Morgan fingerprint density at radius 3 is 2.39 bits per heavy atom. The summed E-state index contributed by atoms with van der Waals surface area (Å²) in [6, 6.07) is 18.2. The maximum absolute atomic E-state index is 12.5. The number of amides is 2. The van der Waals surface area contributed by atoms with Gasteiger partial charge in [-0.2, -0.15) is 0 Å². The number of rotatable bonds is 10. The molecule has 0 bridgehead atoms. The number of carbonyl (C=O) groups excluding carboxylic acids is 2. The summed E-state index contributed by atoms with van der Waals surface area (Å²) in [6.07, 6.45) is 5.60. The van der Waals surface area contributed by atoms with Gasteiger partial charge in [-0.1, -0.05) is 42.5 Å². The van der Waals surface area contributed by atoms with Gasteiger partial charge in [0.15, 0.2) is 0 Å². The van der Waals surface area contributed by atoms with Crippen LogP contribution in [0, 0.1) is 5.92 Å². The van der Waals surface area contributed by atoms with Crippen molar-refractivity contribution in [2.75, 3.05) is 33.4 Å². The number of likely N-dealkylation sites (tertiary alicyclic amines) is 1. The molecule has 2 aromatic carbocycles. The van der Waals surface area contributed by atoms with E-state index in [1.807, 2.05) is 47.4 Å². The molecule has 0 aliphatic carbocycles. The molecule has 1 saturated heterocycles. The SMILES string of the molecule is COCCNC(=O)c1ccc(CC2CCN(C(=O)CCCc3ccccc3)CC2)cc1. The van der Waals surface area contributed by atoms with E-state index in [4.69, 9.17) is 4.74 Å². The molecule has 0 atom stereocenters. The Bertz CT molecular complexity index is 812. The lowest BCUT2D eigenvalue weighted by Crippen LogP contribution is -2.38. The molecule has 0 saturated carbocycles. The minimum atomic E-state index is -0.0670. The molecule has 1 N–H and O–H groups in total. The van der Waals surface area contributed by atoms with Crippen LogP contribution < -0.4 is 5.32 Å². The highest BCUT2D eigenvalue weighted by molar-refractivity contribution is 5.94. The molecule has 1 heterocycles. The fraction of sp³-hybridized carbons (Fsp3) is 0.462. The average Bonchev–Trinajstić information content (AvgIpc) is 2.81. The first-order chi connectivity index (χ1) is 15.2. The highest BCUT2D eigenvalue weighted by Gasteiger charge is 2.22. The van der Waals surface area contributed by atoms with E-state index in [0.29, 0.717) is 37.0 Å². The van der Waals surface area contributed by atoms with Crippen LogP contribution in [0.2, 0.25) is 0 Å². The molecule has 0 unspecified atom stereocenters. The normalized spacial score (nSPS) is 14.4. The second kappa shape index (κ2) is 12.3. The van der Waals surface area contributed by atoms with E-state index < -0.39 is 0 Å². The Hall–Kier alpha value is -2.66. The first-order valence-electron chi connectivity index (χ1n) is 11.3. The van der Waals surface area contributed by atoms with Gasteiger partial charge in [-0.05, 0) is 61.3 Å².